The summed E-state index contributed by atoms with van der Waals surface area (Å²) in [5, 5.41) is 9.17. The van der Waals surface area contributed by atoms with E-state index in [4.69, 9.17) is 10.5 Å². The van der Waals surface area contributed by atoms with E-state index in [0.717, 1.165) is 60.8 Å². The van der Waals surface area contributed by atoms with Crippen LogP contribution in [0.1, 0.15) is 21.5 Å². The first kappa shape index (κ1) is 32.6. The molecule has 12 nitrogen and oxygen atoms in total. The molecule has 1 fully saturated rings. The van der Waals surface area contributed by atoms with Crippen LogP contribution < -0.4 is 21.7 Å². The van der Waals surface area contributed by atoms with Gasteiger partial charge in [0.25, 0.3) is 5.91 Å². The molecule has 0 unspecified atom stereocenters. The van der Waals surface area contributed by atoms with Gasteiger partial charge in [0.05, 0.1) is 25.5 Å². The molecule has 0 atom stereocenters. The van der Waals surface area contributed by atoms with Crippen molar-refractivity contribution in [2.75, 3.05) is 69.7 Å². The van der Waals surface area contributed by atoms with Crippen molar-refractivity contribution in [3.63, 3.8) is 0 Å². The molecule has 0 spiro atoms. The first-order valence-corrected chi connectivity index (χ1v) is 15.5. The van der Waals surface area contributed by atoms with E-state index in [9.17, 15) is 9.59 Å². The van der Waals surface area contributed by atoms with Gasteiger partial charge in [-0.05, 0) is 60.5 Å². The number of nitrogens with two attached hydrogens (primary N) is 1. The number of nitrogens with zero attached hydrogens (tertiary/aromatic N) is 5. The number of aromatic nitrogens is 3. The Morgan fingerprint density at radius 2 is 1.76 bits per heavy atom. The monoisotopic (exact) mass is 623 g/mol. The standard InChI is InChI=1S/C34H41N9O3/c1-25-4-9-29(21-31(25)41-34-38-13-10-30(40-34)28-3-2-12-36-22-28)39-33(45)27-7-5-26(6-8-27)23-42-15-17-43(18-16-42)24-32(44)37-14-20-46-19-11-35/h2-10,12-13,21-22H,11,14-20,23-24,35H2,1H3,(H,37,44)(H,39,45)(H,38,40,41). The Labute approximate surface area is 269 Å². The minimum absolute atomic E-state index is 0.0115. The molecule has 2 amide bonds. The third kappa shape index (κ3) is 9.62. The summed E-state index contributed by atoms with van der Waals surface area (Å²) < 4.78 is 5.29. The minimum Gasteiger partial charge on any atom is -0.378 e. The number of amides is 2. The number of hydrogen-bond donors (Lipinski definition) is 4. The van der Waals surface area contributed by atoms with E-state index in [1.54, 1.807) is 18.6 Å². The molecule has 1 saturated heterocycles. The van der Waals surface area contributed by atoms with E-state index in [-0.39, 0.29) is 11.8 Å². The summed E-state index contributed by atoms with van der Waals surface area (Å²) in [5.41, 5.74) is 11.2. The fourth-order valence-electron chi connectivity index (χ4n) is 5.08. The van der Waals surface area contributed by atoms with Crippen LogP contribution in [0.4, 0.5) is 17.3 Å². The van der Waals surface area contributed by atoms with Crippen LogP contribution in [0.2, 0.25) is 0 Å². The largest absolute Gasteiger partial charge is 0.378 e. The number of aryl methyl sites for hydroxylation is 1. The number of carbonyl (C=O) groups excluding carboxylic acids is 2. The lowest BCUT2D eigenvalue weighted by Gasteiger charge is -2.34. The van der Waals surface area contributed by atoms with Crippen molar-refractivity contribution in [3.8, 4) is 11.3 Å². The fraction of sp³-hybridized carbons (Fsp3) is 0.324. The van der Waals surface area contributed by atoms with E-state index in [0.29, 0.717) is 50.0 Å². The van der Waals surface area contributed by atoms with Gasteiger partial charge >= 0.3 is 0 Å². The van der Waals surface area contributed by atoms with Crippen molar-refractivity contribution < 1.29 is 14.3 Å². The third-order valence-electron chi connectivity index (χ3n) is 7.64. The molecule has 0 bridgehead atoms. The summed E-state index contributed by atoms with van der Waals surface area (Å²) in [6, 6.07) is 19.1. The maximum absolute atomic E-state index is 13.1. The number of piperazine rings is 1. The summed E-state index contributed by atoms with van der Waals surface area (Å²) in [6.07, 6.45) is 5.19. The normalized spacial score (nSPS) is 13.7. The van der Waals surface area contributed by atoms with Crippen molar-refractivity contribution in [2.24, 2.45) is 5.73 Å². The van der Waals surface area contributed by atoms with Gasteiger partial charge < -0.3 is 26.4 Å². The zero-order valence-electron chi connectivity index (χ0n) is 26.1. The molecule has 0 aliphatic carbocycles. The van der Waals surface area contributed by atoms with E-state index in [1.165, 1.54) is 0 Å². The highest BCUT2D eigenvalue weighted by Crippen LogP contribution is 2.25. The number of benzene rings is 2. The topological polar surface area (TPSA) is 151 Å². The van der Waals surface area contributed by atoms with E-state index < -0.39 is 0 Å². The average molecular weight is 624 g/mol. The van der Waals surface area contributed by atoms with E-state index >= 15 is 0 Å². The van der Waals surface area contributed by atoms with Crippen LogP contribution in [0.5, 0.6) is 0 Å². The number of pyridine rings is 1. The van der Waals surface area contributed by atoms with Gasteiger partial charge in [0, 0.05) is 86.9 Å². The molecule has 4 aromatic rings. The van der Waals surface area contributed by atoms with E-state index in [2.05, 4.69) is 40.7 Å². The van der Waals surface area contributed by atoms with Crippen molar-refractivity contribution in [1.29, 1.82) is 0 Å². The Hall–Kier alpha value is -4.75. The number of anilines is 3. The molecule has 2 aromatic carbocycles. The lowest BCUT2D eigenvalue weighted by Crippen LogP contribution is -2.49. The van der Waals surface area contributed by atoms with E-state index in [1.807, 2.05) is 67.6 Å². The Morgan fingerprint density at radius 3 is 2.52 bits per heavy atom. The zero-order chi connectivity index (χ0) is 32.1. The third-order valence-corrected chi connectivity index (χ3v) is 7.64. The van der Waals surface area contributed by atoms with Crippen LogP contribution in [0, 0.1) is 6.92 Å². The Kier molecular flexibility index (Phi) is 11.7. The Bertz CT molecular complexity index is 1580. The molecule has 46 heavy (non-hydrogen) atoms. The molecule has 0 saturated carbocycles. The van der Waals surface area contributed by atoms with Crippen LogP contribution in [-0.4, -0.2) is 95.6 Å². The van der Waals surface area contributed by atoms with Crippen LogP contribution >= 0.6 is 0 Å². The van der Waals surface area contributed by atoms with Crippen LogP contribution in [0.3, 0.4) is 0 Å². The number of carbonyl (C=O) groups is 2. The van der Waals surface area contributed by atoms with Crippen molar-refractivity contribution in [2.45, 2.75) is 13.5 Å². The second kappa shape index (κ2) is 16.5. The number of hydrogen-bond acceptors (Lipinski definition) is 10. The maximum atomic E-state index is 13.1. The second-order valence-electron chi connectivity index (χ2n) is 11.1. The second-order valence-corrected chi connectivity index (χ2v) is 11.1. The van der Waals surface area contributed by atoms with Gasteiger partial charge in [-0.25, -0.2) is 9.97 Å². The SMILES string of the molecule is Cc1ccc(NC(=O)c2ccc(CN3CCN(CC(=O)NCCOCCN)CC3)cc2)cc1Nc1nccc(-c2cccnc2)n1. The lowest BCUT2D eigenvalue weighted by molar-refractivity contribution is -0.122. The van der Waals surface area contributed by atoms with Gasteiger partial charge in [0.2, 0.25) is 11.9 Å². The van der Waals surface area contributed by atoms with Crippen LogP contribution in [0.15, 0.2) is 79.3 Å². The molecule has 2 aromatic heterocycles. The van der Waals surface area contributed by atoms with Crippen LogP contribution in [-0.2, 0) is 16.1 Å². The molecule has 1 aliphatic heterocycles. The summed E-state index contributed by atoms with van der Waals surface area (Å²) in [7, 11) is 0. The molecule has 5 N–H and O–H groups in total. The predicted octanol–water partition coefficient (Wildman–Crippen LogP) is 3.05. The highest BCUT2D eigenvalue weighted by atomic mass is 16.5. The quantitative estimate of drug-likeness (QED) is 0.154. The van der Waals surface area contributed by atoms with Gasteiger partial charge in [-0.3, -0.25) is 24.4 Å². The minimum atomic E-state index is -0.186. The molecule has 3 heterocycles. The molecule has 240 valence electrons. The molecule has 12 heteroatoms. The predicted molar refractivity (Wildman–Crippen MR) is 179 cm³/mol. The smallest absolute Gasteiger partial charge is 0.255 e. The summed E-state index contributed by atoms with van der Waals surface area (Å²) in [6.45, 7) is 8.51. The zero-order valence-corrected chi connectivity index (χ0v) is 26.1. The summed E-state index contributed by atoms with van der Waals surface area (Å²) in [4.78, 5) is 43.0. The lowest BCUT2D eigenvalue weighted by atomic mass is 10.1. The van der Waals surface area contributed by atoms with Crippen molar-refractivity contribution in [1.82, 2.24) is 30.1 Å². The van der Waals surface area contributed by atoms with Crippen LogP contribution in [0.25, 0.3) is 11.3 Å². The van der Waals surface area contributed by atoms with Gasteiger partial charge in [-0.1, -0.05) is 18.2 Å². The van der Waals surface area contributed by atoms with Gasteiger partial charge in [-0.2, -0.15) is 0 Å². The fourth-order valence-corrected chi connectivity index (χ4v) is 5.08. The van der Waals surface area contributed by atoms with Crippen molar-refractivity contribution >= 4 is 29.1 Å². The Balaban J connectivity index is 1.09. The highest BCUT2D eigenvalue weighted by Gasteiger charge is 2.19. The molecular weight excluding hydrogens is 582 g/mol. The first-order chi connectivity index (χ1) is 22.5. The van der Waals surface area contributed by atoms with Gasteiger partial charge in [0.1, 0.15) is 0 Å². The molecule has 1 aliphatic rings. The highest BCUT2D eigenvalue weighted by molar-refractivity contribution is 6.04. The first-order valence-electron chi connectivity index (χ1n) is 15.5. The molecule has 0 radical (unpaired) electrons. The molecular formula is C34H41N9O3. The summed E-state index contributed by atoms with van der Waals surface area (Å²) in [5.74, 6) is 0.280. The van der Waals surface area contributed by atoms with Crippen molar-refractivity contribution in [3.05, 3.63) is 95.9 Å². The van der Waals surface area contributed by atoms with Gasteiger partial charge in [0.15, 0.2) is 0 Å². The number of rotatable bonds is 14. The van der Waals surface area contributed by atoms with Gasteiger partial charge in [-0.15, -0.1) is 0 Å². The average Bonchev–Trinajstić information content (AvgIpc) is 3.08. The summed E-state index contributed by atoms with van der Waals surface area (Å²) >= 11 is 0. The maximum Gasteiger partial charge on any atom is 0.255 e. The number of nitrogens with one attached hydrogen (secondary N) is 3. The molecule has 5 rings (SSSR count). The number of ether oxygens (including phenoxy) is 1. The Morgan fingerprint density at radius 1 is 0.957 bits per heavy atom.